The van der Waals surface area contributed by atoms with Crippen LogP contribution in [-0.4, -0.2) is 58.5 Å². The van der Waals surface area contributed by atoms with Crippen molar-refractivity contribution in [2.24, 2.45) is 5.73 Å². The van der Waals surface area contributed by atoms with Crippen LogP contribution in [0, 0.1) is 0 Å². The molecule has 0 saturated carbocycles. The first kappa shape index (κ1) is 11.4. The van der Waals surface area contributed by atoms with Crippen molar-refractivity contribution in [2.75, 3.05) is 13.6 Å². The van der Waals surface area contributed by atoms with Gasteiger partial charge in [0.1, 0.15) is 12.6 Å². The van der Waals surface area contributed by atoms with Crippen LogP contribution in [0.1, 0.15) is 6.92 Å². The zero-order valence-electron chi connectivity index (χ0n) is 8.51. The van der Waals surface area contributed by atoms with Crippen molar-refractivity contribution in [1.82, 2.24) is 9.80 Å². The first-order valence-electron chi connectivity index (χ1n) is 4.41. The molecule has 15 heavy (non-hydrogen) atoms. The second-order valence-corrected chi connectivity index (χ2v) is 3.51. The van der Waals surface area contributed by atoms with Crippen LogP contribution in [0.25, 0.3) is 0 Å². The molecule has 0 radical (unpaired) electrons. The highest BCUT2D eigenvalue weighted by atomic mass is 16.4. The lowest BCUT2D eigenvalue weighted by atomic mass is 9.99. The average molecular weight is 215 g/mol. The van der Waals surface area contributed by atoms with Gasteiger partial charge in [-0.1, -0.05) is 0 Å². The van der Waals surface area contributed by atoms with E-state index in [1.807, 2.05) is 0 Å². The van der Waals surface area contributed by atoms with Crippen LogP contribution in [0.2, 0.25) is 0 Å². The van der Waals surface area contributed by atoms with Gasteiger partial charge in [0.05, 0.1) is 6.04 Å². The fourth-order valence-electron chi connectivity index (χ4n) is 1.37. The number of urea groups is 1. The van der Waals surface area contributed by atoms with E-state index in [0.29, 0.717) is 0 Å². The highest BCUT2D eigenvalue weighted by Crippen LogP contribution is 2.19. The number of carboxylic acids is 1. The van der Waals surface area contributed by atoms with Crippen LogP contribution >= 0.6 is 0 Å². The molecule has 7 heteroatoms. The Kier molecular flexibility index (Phi) is 2.94. The van der Waals surface area contributed by atoms with Gasteiger partial charge >= 0.3 is 12.0 Å². The smallest absolute Gasteiger partial charge is 0.327 e. The van der Waals surface area contributed by atoms with Gasteiger partial charge in [0, 0.05) is 7.05 Å². The van der Waals surface area contributed by atoms with Crippen LogP contribution in [-0.2, 0) is 9.59 Å². The SMILES string of the molecule is CC1C(N)C(=O)N1C(=O)N(C)CC(=O)O. The van der Waals surface area contributed by atoms with Crippen LogP contribution in [0.5, 0.6) is 0 Å². The Labute approximate surface area is 86.4 Å². The largest absolute Gasteiger partial charge is 0.480 e. The summed E-state index contributed by atoms with van der Waals surface area (Å²) in [6.07, 6.45) is 0. The molecule has 3 amide bonds. The molecule has 0 aromatic rings. The molecule has 0 aliphatic carbocycles. The molecular formula is C8H13N3O4. The molecule has 0 aromatic heterocycles. The number of hydrogen-bond acceptors (Lipinski definition) is 4. The second kappa shape index (κ2) is 3.85. The van der Waals surface area contributed by atoms with E-state index in [4.69, 9.17) is 10.8 Å². The van der Waals surface area contributed by atoms with Gasteiger partial charge in [-0.15, -0.1) is 0 Å². The van der Waals surface area contributed by atoms with Crippen molar-refractivity contribution >= 4 is 17.9 Å². The molecule has 7 nitrogen and oxygen atoms in total. The van der Waals surface area contributed by atoms with E-state index in [1.165, 1.54) is 7.05 Å². The number of nitrogens with two attached hydrogens (primary N) is 1. The van der Waals surface area contributed by atoms with Gasteiger partial charge in [0.15, 0.2) is 0 Å². The van der Waals surface area contributed by atoms with Crippen LogP contribution in [0.15, 0.2) is 0 Å². The quantitative estimate of drug-likeness (QED) is 0.556. The number of nitrogens with zero attached hydrogens (tertiary/aromatic N) is 2. The number of hydrogen-bond donors (Lipinski definition) is 2. The maximum atomic E-state index is 11.5. The van der Waals surface area contributed by atoms with Gasteiger partial charge in [0.2, 0.25) is 5.91 Å². The Bertz CT molecular complexity index is 317. The number of carbonyl (C=O) groups excluding carboxylic acids is 2. The second-order valence-electron chi connectivity index (χ2n) is 3.51. The molecule has 0 bridgehead atoms. The zero-order chi connectivity index (χ0) is 11.7. The average Bonchev–Trinajstić information content (AvgIpc) is 2.16. The molecule has 1 rings (SSSR count). The molecule has 1 aliphatic heterocycles. The number of β-lactam (4-membered cyclic amide) rings is 1. The lowest BCUT2D eigenvalue weighted by Gasteiger charge is -2.42. The maximum Gasteiger partial charge on any atom is 0.327 e. The van der Waals surface area contributed by atoms with Gasteiger partial charge in [-0.2, -0.15) is 0 Å². The number of aliphatic carboxylic acids is 1. The first-order chi connectivity index (χ1) is 6.86. The highest BCUT2D eigenvalue weighted by Gasteiger charge is 2.46. The van der Waals surface area contributed by atoms with E-state index in [9.17, 15) is 14.4 Å². The fraction of sp³-hybridized carbons (Fsp3) is 0.625. The zero-order valence-corrected chi connectivity index (χ0v) is 8.51. The number of likely N-dealkylation sites (tertiary alicyclic amines) is 1. The number of likely N-dealkylation sites (N-methyl/N-ethyl adjacent to an activating group) is 1. The topological polar surface area (TPSA) is 104 Å². The molecule has 3 N–H and O–H groups in total. The van der Waals surface area contributed by atoms with E-state index < -0.39 is 30.5 Å². The standard InChI is InChI=1S/C8H13N3O4/c1-4-6(9)7(14)11(4)8(15)10(2)3-5(12)13/h4,6H,3,9H2,1-2H3,(H,12,13). The lowest BCUT2D eigenvalue weighted by Crippen LogP contribution is -2.70. The maximum absolute atomic E-state index is 11.5. The van der Waals surface area contributed by atoms with Crippen molar-refractivity contribution in [3.63, 3.8) is 0 Å². The molecular weight excluding hydrogens is 202 g/mol. The summed E-state index contributed by atoms with van der Waals surface area (Å²) in [6, 6.07) is -1.66. The van der Waals surface area contributed by atoms with Crippen molar-refractivity contribution in [3.8, 4) is 0 Å². The Balaban J connectivity index is 2.62. The van der Waals surface area contributed by atoms with Crippen molar-refractivity contribution in [1.29, 1.82) is 0 Å². The number of amides is 3. The van der Waals surface area contributed by atoms with E-state index in [1.54, 1.807) is 6.92 Å². The van der Waals surface area contributed by atoms with Gasteiger partial charge in [-0.25, -0.2) is 4.79 Å². The minimum absolute atomic E-state index is 0.374. The normalized spacial score (nSPS) is 24.7. The molecule has 1 heterocycles. The van der Waals surface area contributed by atoms with Crippen LogP contribution < -0.4 is 5.73 Å². The van der Waals surface area contributed by atoms with Crippen LogP contribution in [0.4, 0.5) is 4.79 Å². The number of carboxylic acid groups (broad SMARTS) is 1. The Morgan fingerprint density at radius 2 is 2.13 bits per heavy atom. The molecule has 2 unspecified atom stereocenters. The summed E-state index contributed by atoms with van der Waals surface area (Å²) in [4.78, 5) is 35.0. The summed E-state index contributed by atoms with van der Waals surface area (Å²) in [5.41, 5.74) is 5.42. The molecule has 0 spiro atoms. The Morgan fingerprint density at radius 1 is 1.60 bits per heavy atom. The highest BCUT2D eigenvalue weighted by molar-refractivity contribution is 6.03. The third kappa shape index (κ3) is 1.91. The van der Waals surface area contributed by atoms with Gasteiger partial charge in [-0.3, -0.25) is 14.5 Å². The molecule has 2 atom stereocenters. The fourth-order valence-corrected chi connectivity index (χ4v) is 1.37. The summed E-state index contributed by atoms with van der Waals surface area (Å²) < 4.78 is 0. The van der Waals surface area contributed by atoms with Crippen molar-refractivity contribution in [3.05, 3.63) is 0 Å². The summed E-state index contributed by atoms with van der Waals surface area (Å²) in [6.45, 7) is 1.20. The van der Waals surface area contributed by atoms with Gasteiger partial charge in [0.25, 0.3) is 0 Å². The van der Waals surface area contributed by atoms with Crippen LogP contribution in [0.3, 0.4) is 0 Å². The third-order valence-electron chi connectivity index (χ3n) is 2.35. The molecule has 1 saturated heterocycles. The minimum atomic E-state index is -1.13. The monoisotopic (exact) mass is 215 g/mol. The van der Waals surface area contributed by atoms with Crippen molar-refractivity contribution in [2.45, 2.75) is 19.0 Å². The van der Waals surface area contributed by atoms with Crippen molar-refractivity contribution < 1.29 is 19.5 Å². The summed E-state index contributed by atoms with van der Waals surface area (Å²) in [7, 11) is 1.32. The molecule has 0 aromatic carbocycles. The number of carbonyl (C=O) groups is 3. The lowest BCUT2D eigenvalue weighted by molar-refractivity contribution is -0.145. The molecule has 1 aliphatic rings. The Morgan fingerprint density at radius 3 is 2.53 bits per heavy atom. The Hall–Kier alpha value is -1.63. The number of imide groups is 1. The van der Waals surface area contributed by atoms with E-state index in [2.05, 4.69) is 0 Å². The van der Waals surface area contributed by atoms with E-state index in [0.717, 1.165) is 9.80 Å². The summed E-state index contributed by atoms with van der Waals surface area (Å²) in [5, 5.41) is 8.47. The third-order valence-corrected chi connectivity index (χ3v) is 2.35. The number of rotatable bonds is 2. The predicted octanol–water partition coefficient (Wildman–Crippen LogP) is -1.32. The van der Waals surface area contributed by atoms with Gasteiger partial charge < -0.3 is 15.7 Å². The molecule has 1 fully saturated rings. The van der Waals surface area contributed by atoms with E-state index in [-0.39, 0.29) is 6.04 Å². The summed E-state index contributed by atoms with van der Waals surface area (Å²) >= 11 is 0. The predicted molar refractivity (Wildman–Crippen MR) is 49.9 cm³/mol. The van der Waals surface area contributed by atoms with Gasteiger partial charge in [-0.05, 0) is 6.92 Å². The molecule has 84 valence electrons. The first-order valence-corrected chi connectivity index (χ1v) is 4.41. The van der Waals surface area contributed by atoms with E-state index >= 15 is 0 Å². The minimum Gasteiger partial charge on any atom is -0.480 e. The summed E-state index contributed by atoms with van der Waals surface area (Å²) in [5.74, 6) is -1.60.